The number of carbonyl (C=O) groups excluding carboxylic acids is 1. The predicted molar refractivity (Wildman–Crippen MR) is 45.5 cm³/mol. The maximum atomic E-state index is 12.8. The number of nitrogens with one attached hydrogen (secondary N) is 1. The van der Waals surface area contributed by atoms with E-state index in [2.05, 4.69) is 0 Å². The molecule has 0 radical (unpaired) electrons. The van der Waals surface area contributed by atoms with Gasteiger partial charge in [-0.3, -0.25) is 4.79 Å². The minimum Gasteiger partial charge on any atom is -0.395 e. The molecule has 0 aromatic heterocycles. The molecule has 0 heterocycles. The first kappa shape index (κ1) is 11.3. The Bertz CT molecular complexity index is 389. The molecule has 1 amide bonds. The van der Waals surface area contributed by atoms with Crippen molar-refractivity contribution in [2.24, 2.45) is 0 Å². The molecule has 0 saturated heterocycles. The Kier molecular flexibility index (Phi) is 2.83. The third-order valence-corrected chi connectivity index (χ3v) is 1.56. The molecule has 0 spiro atoms. The molecule has 82 valence electrons. The van der Waals surface area contributed by atoms with Crippen LogP contribution in [-0.2, 0) is 4.79 Å². The number of carbonyl (C=O) groups is 1. The van der Waals surface area contributed by atoms with Gasteiger partial charge in [0, 0.05) is 0 Å². The summed E-state index contributed by atoms with van der Waals surface area (Å²) in [6.45, 7) is 0. The molecule has 0 atom stereocenters. The number of amides is 1. The zero-order valence-electron chi connectivity index (χ0n) is 7.23. The van der Waals surface area contributed by atoms with Crippen LogP contribution in [0.5, 0.6) is 0 Å². The standard InChI is InChI=1S/C8H6F4N2O/c9-4-2-1-3-5(6(4)13)14-7(15)8(10,11)12/h1-3H,13H2,(H,14,15). The topological polar surface area (TPSA) is 55.1 Å². The number of nitrogens with two attached hydrogens (primary N) is 1. The molecule has 0 aliphatic carbocycles. The summed E-state index contributed by atoms with van der Waals surface area (Å²) in [5.41, 5.74) is 4.18. The number of hydrogen-bond acceptors (Lipinski definition) is 2. The van der Waals surface area contributed by atoms with Crippen molar-refractivity contribution < 1.29 is 22.4 Å². The highest BCUT2D eigenvalue weighted by Gasteiger charge is 2.38. The van der Waals surface area contributed by atoms with Crippen molar-refractivity contribution in [1.82, 2.24) is 0 Å². The zero-order valence-corrected chi connectivity index (χ0v) is 7.23. The number of rotatable bonds is 1. The number of hydrogen-bond donors (Lipinski definition) is 2. The summed E-state index contributed by atoms with van der Waals surface area (Å²) in [6, 6.07) is 3.18. The minimum atomic E-state index is -5.03. The number of alkyl halides is 3. The second kappa shape index (κ2) is 3.76. The molecule has 0 bridgehead atoms. The van der Waals surface area contributed by atoms with Gasteiger partial charge >= 0.3 is 12.1 Å². The van der Waals surface area contributed by atoms with Crippen molar-refractivity contribution >= 4 is 17.3 Å². The summed E-state index contributed by atoms with van der Waals surface area (Å²) < 4.78 is 48.2. The van der Waals surface area contributed by atoms with Gasteiger partial charge in [-0.25, -0.2) is 4.39 Å². The molecule has 3 N–H and O–H groups in total. The van der Waals surface area contributed by atoms with Crippen molar-refractivity contribution in [2.75, 3.05) is 11.1 Å². The second-order valence-electron chi connectivity index (χ2n) is 2.65. The molecule has 0 saturated carbocycles. The smallest absolute Gasteiger partial charge is 0.395 e. The fourth-order valence-electron chi connectivity index (χ4n) is 0.839. The normalized spacial score (nSPS) is 11.2. The van der Waals surface area contributed by atoms with Gasteiger partial charge in [-0.05, 0) is 12.1 Å². The summed E-state index contributed by atoms with van der Waals surface area (Å²) in [4.78, 5) is 10.5. The van der Waals surface area contributed by atoms with Crippen molar-refractivity contribution in [3.8, 4) is 0 Å². The van der Waals surface area contributed by atoms with Gasteiger partial charge in [-0.1, -0.05) is 6.07 Å². The van der Waals surface area contributed by atoms with Crippen LogP contribution in [0.2, 0.25) is 0 Å². The zero-order chi connectivity index (χ0) is 11.6. The highest BCUT2D eigenvalue weighted by molar-refractivity contribution is 5.97. The van der Waals surface area contributed by atoms with Crippen LogP contribution < -0.4 is 11.1 Å². The van der Waals surface area contributed by atoms with Crippen LogP contribution in [0.1, 0.15) is 0 Å². The van der Waals surface area contributed by atoms with E-state index < -0.39 is 29.3 Å². The largest absolute Gasteiger partial charge is 0.471 e. The van der Waals surface area contributed by atoms with Gasteiger partial charge in [0.2, 0.25) is 0 Å². The molecular formula is C8H6F4N2O. The Morgan fingerprint density at radius 3 is 2.47 bits per heavy atom. The monoisotopic (exact) mass is 222 g/mol. The van der Waals surface area contributed by atoms with Crippen LogP contribution in [0.25, 0.3) is 0 Å². The van der Waals surface area contributed by atoms with E-state index in [1.807, 2.05) is 0 Å². The fourth-order valence-corrected chi connectivity index (χ4v) is 0.839. The Labute approximate surface area is 81.9 Å². The number of para-hydroxylation sites is 1. The number of nitrogen functional groups attached to an aromatic ring is 1. The lowest BCUT2D eigenvalue weighted by Gasteiger charge is -2.10. The Morgan fingerprint density at radius 2 is 1.93 bits per heavy atom. The summed E-state index contributed by atoms with van der Waals surface area (Å²) in [5.74, 6) is -3.09. The van der Waals surface area contributed by atoms with Gasteiger partial charge in [-0.2, -0.15) is 13.2 Å². The van der Waals surface area contributed by atoms with E-state index in [0.717, 1.165) is 18.2 Å². The van der Waals surface area contributed by atoms with Crippen molar-refractivity contribution in [3.63, 3.8) is 0 Å². The molecule has 1 rings (SSSR count). The highest BCUT2D eigenvalue weighted by atomic mass is 19.4. The molecule has 15 heavy (non-hydrogen) atoms. The van der Waals surface area contributed by atoms with Gasteiger partial charge in [-0.15, -0.1) is 0 Å². The first-order chi connectivity index (χ1) is 6.82. The lowest BCUT2D eigenvalue weighted by Crippen LogP contribution is -2.30. The molecule has 0 fully saturated rings. The van der Waals surface area contributed by atoms with Gasteiger partial charge in [0.05, 0.1) is 11.4 Å². The fraction of sp³-hybridized carbons (Fsp3) is 0.125. The van der Waals surface area contributed by atoms with Crippen LogP contribution >= 0.6 is 0 Å². The van der Waals surface area contributed by atoms with Crippen molar-refractivity contribution in [3.05, 3.63) is 24.0 Å². The van der Waals surface area contributed by atoms with Crippen LogP contribution in [0.4, 0.5) is 28.9 Å². The summed E-state index contributed by atoms with van der Waals surface area (Å²) in [6.07, 6.45) is -5.03. The molecule has 7 heteroatoms. The van der Waals surface area contributed by atoms with Crippen molar-refractivity contribution in [2.45, 2.75) is 6.18 Å². The average molecular weight is 222 g/mol. The minimum absolute atomic E-state index is 0.405. The average Bonchev–Trinajstić information content (AvgIpc) is 2.11. The number of anilines is 2. The Hall–Kier alpha value is -1.79. The van der Waals surface area contributed by atoms with Crippen LogP contribution in [-0.4, -0.2) is 12.1 Å². The summed E-state index contributed by atoms with van der Waals surface area (Å²) >= 11 is 0. The predicted octanol–water partition coefficient (Wildman–Crippen LogP) is 1.91. The molecule has 0 aliphatic heterocycles. The van der Waals surface area contributed by atoms with E-state index in [0.29, 0.717) is 0 Å². The molecule has 3 nitrogen and oxygen atoms in total. The number of benzene rings is 1. The molecular weight excluding hydrogens is 216 g/mol. The second-order valence-corrected chi connectivity index (χ2v) is 2.65. The van der Waals surface area contributed by atoms with Gasteiger partial charge in [0.25, 0.3) is 0 Å². The van der Waals surface area contributed by atoms with Crippen LogP contribution in [0.3, 0.4) is 0 Å². The first-order valence-corrected chi connectivity index (χ1v) is 3.74. The molecule has 0 aliphatic rings. The lowest BCUT2D eigenvalue weighted by atomic mass is 10.2. The third-order valence-electron chi connectivity index (χ3n) is 1.56. The van der Waals surface area contributed by atoms with Gasteiger partial charge in [0.15, 0.2) is 0 Å². The van der Waals surface area contributed by atoms with E-state index in [-0.39, 0.29) is 0 Å². The van der Waals surface area contributed by atoms with Crippen LogP contribution in [0, 0.1) is 5.82 Å². The van der Waals surface area contributed by atoms with Gasteiger partial charge < -0.3 is 11.1 Å². The molecule has 1 aromatic carbocycles. The van der Waals surface area contributed by atoms with E-state index >= 15 is 0 Å². The van der Waals surface area contributed by atoms with E-state index in [1.54, 1.807) is 0 Å². The Balaban J connectivity index is 2.91. The maximum Gasteiger partial charge on any atom is 0.471 e. The van der Waals surface area contributed by atoms with Crippen LogP contribution in [0.15, 0.2) is 18.2 Å². The summed E-state index contributed by atoms with van der Waals surface area (Å²) in [5, 5.41) is 1.46. The maximum absolute atomic E-state index is 12.8. The highest BCUT2D eigenvalue weighted by Crippen LogP contribution is 2.24. The van der Waals surface area contributed by atoms with Gasteiger partial charge in [0.1, 0.15) is 5.82 Å². The SMILES string of the molecule is Nc1c(F)cccc1NC(=O)C(F)(F)F. The van der Waals surface area contributed by atoms with E-state index in [9.17, 15) is 22.4 Å². The molecule has 1 aromatic rings. The summed E-state index contributed by atoms with van der Waals surface area (Å²) in [7, 11) is 0. The quantitative estimate of drug-likeness (QED) is 0.563. The van der Waals surface area contributed by atoms with E-state index in [4.69, 9.17) is 5.73 Å². The van der Waals surface area contributed by atoms with E-state index in [1.165, 1.54) is 5.32 Å². The first-order valence-electron chi connectivity index (χ1n) is 3.74. The lowest BCUT2D eigenvalue weighted by molar-refractivity contribution is -0.167. The number of halogens is 4. The molecule has 0 unspecified atom stereocenters. The third kappa shape index (κ3) is 2.58. The Morgan fingerprint density at radius 1 is 1.33 bits per heavy atom. The van der Waals surface area contributed by atoms with Crippen molar-refractivity contribution in [1.29, 1.82) is 0 Å².